The van der Waals surface area contributed by atoms with Crippen molar-refractivity contribution in [2.24, 2.45) is 0 Å². The average Bonchev–Trinajstić information content (AvgIpc) is 2.29. The first-order valence-electron chi connectivity index (χ1n) is 5.63. The lowest BCUT2D eigenvalue weighted by Crippen LogP contribution is -2.51. The monoisotopic (exact) mass is 275 g/mol. The minimum absolute atomic E-state index is 0.273. The van der Waals surface area contributed by atoms with Gasteiger partial charge in [0.15, 0.2) is 11.6 Å². The van der Waals surface area contributed by atoms with Gasteiger partial charge < -0.3 is 15.1 Å². The summed E-state index contributed by atoms with van der Waals surface area (Å²) in [5, 5.41) is 18.7. The minimum atomic E-state index is -3.20. The number of carbonyl (C=O) groups excluding carboxylic acids is 1. The lowest BCUT2D eigenvalue weighted by atomic mass is 10.0. The fraction of sp³-hybridized carbons (Fsp3) is 0.417. The zero-order chi connectivity index (χ0) is 14.2. The van der Waals surface area contributed by atoms with Crippen LogP contribution in [0.2, 0.25) is 0 Å². The Hall–Kier alpha value is -1.76. The van der Waals surface area contributed by atoms with E-state index in [4.69, 9.17) is 0 Å². The molecule has 1 atom stereocenters. The summed E-state index contributed by atoms with van der Waals surface area (Å²) in [6, 6.07) is 3.28. The van der Waals surface area contributed by atoms with E-state index in [1.807, 2.05) is 0 Å². The van der Waals surface area contributed by atoms with Gasteiger partial charge in [-0.15, -0.1) is 0 Å². The normalized spacial score (nSPS) is 22.3. The van der Waals surface area contributed by atoms with E-state index in [-0.39, 0.29) is 6.54 Å². The second kappa shape index (κ2) is 4.73. The van der Waals surface area contributed by atoms with Gasteiger partial charge in [-0.3, -0.25) is 4.79 Å². The number of aliphatic hydroxyl groups excluding tert-OH is 1. The number of aliphatic hydroxyl groups is 1. The van der Waals surface area contributed by atoms with Gasteiger partial charge in [-0.2, -0.15) is 0 Å². The summed E-state index contributed by atoms with van der Waals surface area (Å²) in [4.78, 5) is 12.7. The molecule has 0 bridgehead atoms. The highest BCUT2D eigenvalue weighted by Gasteiger charge is 2.42. The maximum absolute atomic E-state index is 13.3. The minimum Gasteiger partial charge on any atom is -0.504 e. The number of phenolic OH excluding ortho intramolecular Hbond substituents is 1. The maximum Gasteiger partial charge on any atom is 0.267 e. The number of para-hydroxylation sites is 1. The summed E-state index contributed by atoms with van der Waals surface area (Å²) in [7, 11) is 0. The van der Waals surface area contributed by atoms with Gasteiger partial charge in [0, 0.05) is 13.0 Å². The number of amides is 1. The van der Waals surface area contributed by atoms with Gasteiger partial charge in [0.1, 0.15) is 0 Å². The molecule has 1 aromatic rings. The first-order chi connectivity index (χ1) is 8.80. The second-order valence-corrected chi connectivity index (χ2v) is 4.54. The van der Waals surface area contributed by atoms with Crippen molar-refractivity contribution < 1.29 is 28.2 Å². The number of likely N-dealkylation sites (tertiary alicyclic amines) is 1. The van der Waals surface area contributed by atoms with E-state index in [1.54, 1.807) is 0 Å². The summed E-state index contributed by atoms with van der Waals surface area (Å²) >= 11 is 0. The molecule has 2 rings (SSSR count). The van der Waals surface area contributed by atoms with Crippen LogP contribution in [0.4, 0.5) is 13.2 Å². The van der Waals surface area contributed by atoms with Crippen LogP contribution in [0.15, 0.2) is 18.2 Å². The highest BCUT2D eigenvalue weighted by atomic mass is 19.3. The molecule has 1 aromatic carbocycles. The van der Waals surface area contributed by atoms with Gasteiger partial charge in [0.2, 0.25) is 0 Å². The first kappa shape index (κ1) is 13.7. The Balaban J connectivity index is 2.26. The number of carbonyl (C=O) groups is 1. The Labute approximate surface area is 107 Å². The number of β-amino-alcohol motifs (C(OH)–C–C–N with tert-alkyl or cyclic N) is 1. The smallest absolute Gasteiger partial charge is 0.267 e. The molecule has 19 heavy (non-hydrogen) atoms. The van der Waals surface area contributed by atoms with Crippen LogP contribution in [0.3, 0.4) is 0 Å². The van der Waals surface area contributed by atoms with Gasteiger partial charge in [-0.25, -0.2) is 13.2 Å². The lowest BCUT2D eigenvalue weighted by Gasteiger charge is -2.35. The molecule has 7 heteroatoms. The molecule has 1 aliphatic heterocycles. The molecule has 0 radical (unpaired) electrons. The number of benzene rings is 1. The largest absolute Gasteiger partial charge is 0.504 e. The molecule has 2 N–H and O–H groups in total. The quantitative estimate of drug-likeness (QED) is 0.814. The van der Waals surface area contributed by atoms with E-state index in [9.17, 15) is 28.2 Å². The SMILES string of the molecule is O=C(c1cccc(F)c1O)N1CC(O)CC(F)(F)C1. The molecular formula is C12H12F3NO3. The molecule has 1 saturated heterocycles. The molecule has 0 spiro atoms. The average molecular weight is 275 g/mol. The third-order valence-corrected chi connectivity index (χ3v) is 2.89. The number of rotatable bonds is 1. The van der Waals surface area contributed by atoms with Gasteiger partial charge >= 0.3 is 0 Å². The van der Waals surface area contributed by atoms with Crippen LogP contribution < -0.4 is 0 Å². The molecule has 4 nitrogen and oxygen atoms in total. The number of nitrogens with zero attached hydrogens (tertiary/aromatic N) is 1. The van der Waals surface area contributed by atoms with Gasteiger partial charge in [0.05, 0.1) is 18.2 Å². The van der Waals surface area contributed by atoms with E-state index in [0.29, 0.717) is 4.90 Å². The van der Waals surface area contributed by atoms with Gasteiger partial charge in [-0.1, -0.05) is 6.07 Å². The van der Waals surface area contributed by atoms with Crippen molar-refractivity contribution >= 4 is 5.91 Å². The van der Waals surface area contributed by atoms with Crippen LogP contribution in [-0.4, -0.2) is 46.1 Å². The number of alkyl halides is 2. The number of hydrogen-bond donors (Lipinski definition) is 2. The van der Waals surface area contributed by atoms with Crippen LogP contribution in [0.5, 0.6) is 5.75 Å². The van der Waals surface area contributed by atoms with Crippen molar-refractivity contribution in [3.8, 4) is 5.75 Å². The van der Waals surface area contributed by atoms with Crippen molar-refractivity contribution in [1.29, 1.82) is 0 Å². The summed E-state index contributed by atoms with van der Waals surface area (Å²) < 4.78 is 39.7. The van der Waals surface area contributed by atoms with E-state index < -0.39 is 48.0 Å². The molecule has 1 aliphatic rings. The molecular weight excluding hydrogens is 263 g/mol. The predicted octanol–water partition coefficient (Wildman–Crippen LogP) is 1.37. The summed E-state index contributed by atoms with van der Waals surface area (Å²) in [5.74, 6) is -6.02. The van der Waals surface area contributed by atoms with Crippen LogP contribution >= 0.6 is 0 Å². The summed E-state index contributed by atoms with van der Waals surface area (Å²) in [6.45, 7) is -1.14. The molecule has 1 fully saturated rings. The number of piperidine rings is 1. The van der Waals surface area contributed by atoms with Crippen LogP contribution in [0, 0.1) is 5.82 Å². The Morgan fingerprint density at radius 2 is 2.11 bits per heavy atom. The Kier molecular flexibility index (Phi) is 3.40. The number of aromatic hydroxyl groups is 1. The lowest BCUT2D eigenvalue weighted by molar-refractivity contribution is -0.0973. The zero-order valence-electron chi connectivity index (χ0n) is 9.81. The van der Waals surface area contributed by atoms with Gasteiger partial charge in [-0.05, 0) is 12.1 Å². The molecule has 0 saturated carbocycles. The number of hydrogen-bond acceptors (Lipinski definition) is 3. The fourth-order valence-corrected chi connectivity index (χ4v) is 2.08. The number of phenols is 1. The standard InChI is InChI=1S/C12H12F3NO3/c13-9-3-1-2-8(10(9)18)11(19)16-5-7(17)4-12(14,15)6-16/h1-3,7,17-18H,4-6H2. The molecule has 0 aliphatic carbocycles. The molecule has 1 heterocycles. The molecule has 1 unspecified atom stereocenters. The van der Waals surface area contributed by atoms with E-state index in [1.165, 1.54) is 6.07 Å². The topological polar surface area (TPSA) is 60.8 Å². The predicted molar refractivity (Wildman–Crippen MR) is 59.5 cm³/mol. The van der Waals surface area contributed by atoms with Gasteiger partial charge in [0.25, 0.3) is 11.8 Å². The third kappa shape index (κ3) is 2.81. The highest BCUT2D eigenvalue weighted by Crippen LogP contribution is 2.29. The second-order valence-electron chi connectivity index (χ2n) is 4.54. The highest BCUT2D eigenvalue weighted by molar-refractivity contribution is 5.97. The Morgan fingerprint density at radius 1 is 1.42 bits per heavy atom. The maximum atomic E-state index is 13.3. The van der Waals surface area contributed by atoms with Crippen molar-refractivity contribution in [3.05, 3.63) is 29.6 Å². The van der Waals surface area contributed by atoms with E-state index in [2.05, 4.69) is 0 Å². The molecule has 0 aromatic heterocycles. The van der Waals surface area contributed by atoms with Crippen molar-refractivity contribution in [3.63, 3.8) is 0 Å². The molecule has 104 valence electrons. The first-order valence-corrected chi connectivity index (χ1v) is 5.63. The van der Waals surface area contributed by atoms with Crippen LogP contribution in [0.25, 0.3) is 0 Å². The summed E-state index contributed by atoms with van der Waals surface area (Å²) in [6.07, 6.45) is -2.06. The van der Waals surface area contributed by atoms with Crippen LogP contribution in [0.1, 0.15) is 16.8 Å². The Morgan fingerprint density at radius 3 is 2.74 bits per heavy atom. The van der Waals surface area contributed by atoms with Crippen molar-refractivity contribution in [2.45, 2.75) is 18.4 Å². The third-order valence-electron chi connectivity index (χ3n) is 2.89. The van der Waals surface area contributed by atoms with Crippen molar-refractivity contribution in [2.75, 3.05) is 13.1 Å². The number of halogens is 3. The fourth-order valence-electron chi connectivity index (χ4n) is 2.08. The summed E-state index contributed by atoms with van der Waals surface area (Å²) in [5.41, 5.74) is -0.398. The van der Waals surface area contributed by atoms with Crippen molar-refractivity contribution in [1.82, 2.24) is 4.90 Å². The zero-order valence-corrected chi connectivity index (χ0v) is 9.81. The van der Waals surface area contributed by atoms with E-state index in [0.717, 1.165) is 12.1 Å². The molecule has 1 amide bonds. The van der Waals surface area contributed by atoms with Crippen LogP contribution in [-0.2, 0) is 0 Å². The van der Waals surface area contributed by atoms with E-state index >= 15 is 0 Å². The Bertz CT molecular complexity index is 507.